The van der Waals surface area contributed by atoms with Crippen LogP contribution in [0.3, 0.4) is 0 Å². The van der Waals surface area contributed by atoms with Gasteiger partial charge in [-0.3, -0.25) is 9.69 Å². The molecule has 2 aliphatic rings. The Morgan fingerprint density at radius 3 is 3.23 bits per heavy atom. The standard InChI is InChI=1S/C15H21N5OS/c1-10(16)11-4-3-7-20(8-11)9-14(21)17-12-5-2-6-13-15(12)19-22-18-13/h2,5-6,10-11H,3-4,7-9,16H2,1H3,(H,17,21). The van der Waals surface area contributed by atoms with Crippen LogP contribution in [0.2, 0.25) is 0 Å². The van der Waals surface area contributed by atoms with E-state index in [1.165, 1.54) is 0 Å². The van der Waals surface area contributed by atoms with E-state index in [2.05, 4.69) is 18.9 Å². The predicted molar refractivity (Wildman–Crippen MR) is 89.4 cm³/mol. The first kappa shape index (κ1) is 15.3. The zero-order valence-corrected chi connectivity index (χ0v) is 13.5. The summed E-state index contributed by atoms with van der Waals surface area (Å²) in [5, 5.41) is 2.95. The number of hydrogen-bond acceptors (Lipinski definition) is 5. The number of amides is 1. The molecule has 2 aliphatic heterocycles. The fourth-order valence-electron chi connectivity index (χ4n) is 2.96. The molecule has 0 aromatic heterocycles. The number of carbonyl (C=O) groups excluding carboxylic acids is 1. The van der Waals surface area contributed by atoms with Crippen LogP contribution in [0, 0.1) is 5.92 Å². The minimum Gasteiger partial charge on any atom is -0.328 e. The van der Waals surface area contributed by atoms with Gasteiger partial charge in [0.1, 0.15) is 11.4 Å². The fraction of sp³-hybridized carbons (Fsp3) is 0.533. The molecule has 118 valence electrons. The van der Waals surface area contributed by atoms with Crippen LogP contribution in [0.5, 0.6) is 0 Å². The van der Waals surface area contributed by atoms with Gasteiger partial charge < -0.3 is 11.1 Å². The van der Waals surface area contributed by atoms with Crippen molar-refractivity contribution in [2.24, 2.45) is 20.4 Å². The maximum absolute atomic E-state index is 12.3. The highest BCUT2D eigenvalue weighted by Gasteiger charge is 2.24. The molecule has 0 spiro atoms. The van der Waals surface area contributed by atoms with Crippen LogP contribution in [-0.4, -0.2) is 36.5 Å². The highest BCUT2D eigenvalue weighted by Crippen LogP contribution is 2.38. The molecule has 0 radical (unpaired) electrons. The number of rotatable bonds is 4. The number of nitrogens with one attached hydrogen (secondary N) is 1. The number of likely N-dealkylation sites (tertiary alicyclic amines) is 1. The highest BCUT2D eigenvalue weighted by atomic mass is 32.1. The van der Waals surface area contributed by atoms with Gasteiger partial charge in [-0.2, -0.15) is 8.73 Å². The molecule has 1 fully saturated rings. The zero-order valence-electron chi connectivity index (χ0n) is 12.7. The molecule has 22 heavy (non-hydrogen) atoms. The Morgan fingerprint density at radius 1 is 1.55 bits per heavy atom. The van der Waals surface area contributed by atoms with Gasteiger partial charge in [0.25, 0.3) is 0 Å². The fourth-order valence-corrected chi connectivity index (χ4v) is 3.51. The van der Waals surface area contributed by atoms with E-state index in [0.717, 1.165) is 54.3 Å². The molecule has 0 aliphatic carbocycles. The third kappa shape index (κ3) is 3.43. The number of nitrogens with two attached hydrogens (primary N) is 1. The van der Waals surface area contributed by atoms with Gasteiger partial charge in [-0.25, -0.2) is 0 Å². The second-order valence-electron chi connectivity index (χ2n) is 5.98. The molecule has 1 aromatic carbocycles. The van der Waals surface area contributed by atoms with Crippen LogP contribution >= 0.6 is 0 Å². The molecule has 2 heterocycles. The minimum absolute atomic E-state index is 0.00850. The number of nitrogens with zero attached hydrogens (tertiary/aromatic N) is 3. The van der Waals surface area contributed by atoms with Crippen LogP contribution in [0.25, 0.3) is 0 Å². The van der Waals surface area contributed by atoms with Crippen LogP contribution in [0.1, 0.15) is 19.8 Å². The number of carbonyl (C=O) groups is 1. The Hall–Kier alpha value is -1.57. The van der Waals surface area contributed by atoms with Gasteiger partial charge in [0.15, 0.2) is 0 Å². The van der Waals surface area contributed by atoms with Gasteiger partial charge in [-0.05, 0) is 44.4 Å². The predicted octanol–water partition coefficient (Wildman–Crippen LogP) is 2.41. The van der Waals surface area contributed by atoms with Gasteiger partial charge in [-0.15, -0.1) is 0 Å². The molecule has 1 aromatic rings. The lowest BCUT2D eigenvalue weighted by Gasteiger charge is -2.34. The summed E-state index contributed by atoms with van der Waals surface area (Å²) in [5.74, 6) is 0.471. The Labute approximate surface area is 134 Å². The third-order valence-corrected chi connectivity index (χ3v) is 4.76. The summed E-state index contributed by atoms with van der Waals surface area (Å²) in [4.78, 5) is 14.5. The van der Waals surface area contributed by atoms with E-state index in [4.69, 9.17) is 5.73 Å². The van der Waals surface area contributed by atoms with Gasteiger partial charge in [-0.1, -0.05) is 6.07 Å². The van der Waals surface area contributed by atoms with Crippen molar-refractivity contribution in [3.8, 4) is 0 Å². The summed E-state index contributed by atoms with van der Waals surface area (Å²) in [6.07, 6.45) is 2.25. The lowest BCUT2D eigenvalue weighted by atomic mass is 9.92. The molecular weight excluding hydrogens is 298 g/mol. The average molecular weight is 319 g/mol. The van der Waals surface area contributed by atoms with Crippen molar-refractivity contribution in [2.45, 2.75) is 25.8 Å². The van der Waals surface area contributed by atoms with E-state index >= 15 is 0 Å². The molecule has 6 nitrogen and oxygen atoms in total. The lowest BCUT2D eigenvalue weighted by Crippen LogP contribution is -2.45. The van der Waals surface area contributed by atoms with Crippen molar-refractivity contribution in [1.29, 1.82) is 0 Å². The molecule has 1 amide bonds. The number of anilines is 1. The molecule has 1 saturated heterocycles. The molecular formula is C15H21N5OS. The van der Waals surface area contributed by atoms with Gasteiger partial charge in [0, 0.05) is 12.6 Å². The minimum atomic E-state index is -0.00850. The number of hydrogen-bond donors (Lipinski definition) is 2. The monoisotopic (exact) mass is 319 g/mol. The van der Waals surface area contributed by atoms with Crippen molar-refractivity contribution in [2.75, 3.05) is 25.0 Å². The van der Waals surface area contributed by atoms with Gasteiger partial charge in [0.05, 0.1) is 23.6 Å². The van der Waals surface area contributed by atoms with Crippen molar-refractivity contribution < 1.29 is 4.79 Å². The van der Waals surface area contributed by atoms with Gasteiger partial charge in [0.2, 0.25) is 5.91 Å². The summed E-state index contributed by atoms with van der Waals surface area (Å²) < 4.78 is 8.43. The van der Waals surface area contributed by atoms with Crippen molar-refractivity contribution in [3.05, 3.63) is 18.2 Å². The quantitative estimate of drug-likeness (QED) is 0.908. The van der Waals surface area contributed by atoms with Crippen molar-refractivity contribution in [3.63, 3.8) is 0 Å². The van der Waals surface area contributed by atoms with E-state index in [1.54, 1.807) is 0 Å². The number of benzene rings is 1. The molecule has 0 bridgehead atoms. The van der Waals surface area contributed by atoms with E-state index in [9.17, 15) is 4.79 Å². The molecule has 3 N–H and O–H groups in total. The topological polar surface area (TPSA) is 83.1 Å². The van der Waals surface area contributed by atoms with Crippen LogP contribution in [0.4, 0.5) is 17.1 Å². The van der Waals surface area contributed by atoms with Crippen LogP contribution in [0.15, 0.2) is 26.9 Å². The summed E-state index contributed by atoms with van der Waals surface area (Å²) in [7, 11) is 0. The molecule has 2 unspecified atom stereocenters. The Bertz CT molecular complexity index is 639. The Kier molecular flexibility index (Phi) is 4.66. The van der Waals surface area contributed by atoms with Crippen LogP contribution < -0.4 is 11.1 Å². The smallest absolute Gasteiger partial charge is 0.238 e. The average Bonchev–Trinajstić information content (AvgIpc) is 2.97. The van der Waals surface area contributed by atoms with Gasteiger partial charge >= 0.3 is 0 Å². The van der Waals surface area contributed by atoms with Crippen molar-refractivity contribution >= 4 is 34.3 Å². The van der Waals surface area contributed by atoms with E-state index < -0.39 is 0 Å². The van der Waals surface area contributed by atoms with Crippen molar-refractivity contribution in [1.82, 2.24) is 4.90 Å². The number of piperidine rings is 1. The SMILES string of the molecule is CC(N)C1CCCN(CC(=O)Nc2cccc3c2N=S=N3)C1. The largest absolute Gasteiger partial charge is 0.328 e. The molecule has 0 saturated carbocycles. The van der Waals surface area contributed by atoms with E-state index in [0.29, 0.717) is 12.5 Å². The molecule has 7 heteroatoms. The second-order valence-corrected chi connectivity index (χ2v) is 6.51. The highest BCUT2D eigenvalue weighted by molar-refractivity contribution is 7.58. The first-order valence-electron chi connectivity index (χ1n) is 7.62. The normalized spacial score (nSPS) is 22.0. The van der Waals surface area contributed by atoms with E-state index in [1.807, 2.05) is 25.1 Å². The summed E-state index contributed by atoms with van der Waals surface area (Å²) in [5.41, 5.74) is 8.30. The maximum atomic E-state index is 12.3. The maximum Gasteiger partial charge on any atom is 0.238 e. The Morgan fingerprint density at radius 2 is 2.41 bits per heavy atom. The molecule has 2 atom stereocenters. The first-order chi connectivity index (χ1) is 10.6. The third-order valence-electron chi connectivity index (χ3n) is 4.21. The van der Waals surface area contributed by atoms with Crippen LogP contribution in [-0.2, 0) is 16.1 Å². The number of fused-ring (bicyclic) bond motifs is 1. The zero-order chi connectivity index (χ0) is 15.5. The second kappa shape index (κ2) is 6.68. The lowest BCUT2D eigenvalue weighted by molar-refractivity contribution is -0.117. The summed E-state index contributed by atoms with van der Waals surface area (Å²) in [6.45, 7) is 4.30. The van der Waals surface area contributed by atoms with E-state index in [-0.39, 0.29) is 11.9 Å². The summed E-state index contributed by atoms with van der Waals surface area (Å²) >= 11 is 1.16. The first-order valence-corrected chi connectivity index (χ1v) is 8.35. The summed E-state index contributed by atoms with van der Waals surface area (Å²) in [6, 6.07) is 5.82. The molecule has 3 rings (SSSR count). The Balaban J connectivity index is 1.59.